The molecule has 1 saturated heterocycles. The summed E-state index contributed by atoms with van der Waals surface area (Å²) >= 11 is 0. The van der Waals surface area contributed by atoms with Crippen LogP contribution in [0.25, 0.3) is 0 Å². The predicted octanol–water partition coefficient (Wildman–Crippen LogP) is 3.12. The van der Waals surface area contributed by atoms with Crippen LogP contribution in [0.4, 0.5) is 17.1 Å². The van der Waals surface area contributed by atoms with Gasteiger partial charge in [-0.1, -0.05) is 0 Å². The Labute approximate surface area is 199 Å². The van der Waals surface area contributed by atoms with E-state index in [1.54, 1.807) is 24.3 Å². The summed E-state index contributed by atoms with van der Waals surface area (Å²) in [7, 11) is 0. The van der Waals surface area contributed by atoms with E-state index in [1.807, 2.05) is 0 Å². The van der Waals surface area contributed by atoms with Crippen molar-refractivity contribution in [3.05, 3.63) is 88.4 Å². The number of benzene rings is 2. The lowest BCUT2D eigenvalue weighted by molar-refractivity contribution is -0.384. The minimum Gasteiger partial charge on any atom is -0.467 e. The van der Waals surface area contributed by atoms with Crippen molar-refractivity contribution in [3.63, 3.8) is 0 Å². The van der Waals surface area contributed by atoms with Crippen LogP contribution in [0.5, 0.6) is 0 Å². The van der Waals surface area contributed by atoms with Crippen LogP contribution >= 0.6 is 0 Å². The first-order chi connectivity index (χ1) is 16.7. The lowest BCUT2D eigenvalue weighted by Gasteiger charge is -2.27. The van der Waals surface area contributed by atoms with E-state index in [9.17, 15) is 29.3 Å². The highest BCUT2D eigenvalue weighted by Crippen LogP contribution is 2.29. The largest absolute Gasteiger partial charge is 0.467 e. The van der Waals surface area contributed by atoms with Gasteiger partial charge in [-0.15, -0.1) is 0 Å². The molecule has 1 aliphatic heterocycles. The molecule has 1 aliphatic rings. The Morgan fingerprint density at radius 2 is 1.80 bits per heavy atom. The van der Waals surface area contributed by atoms with E-state index in [-0.39, 0.29) is 30.1 Å². The molecule has 4 amide bonds. The number of furan rings is 1. The summed E-state index contributed by atoms with van der Waals surface area (Å²) in [5.41, 5.74) is 0.752. The standard InChI is InChI=1S/C24H20N4O7/c1-15(29)25-17-6-10-18(11-7-17)27-22(30)13-21(24(27)32)26(14-20-3-2-12-35-20)23(31)16-4-8-19(9-5-16)28(33)34/h2-12,21H,13-14H2,1H3,(H,25,29). The Morgan fingerprint density at radius 3 is 2.37 bits per heavy atom. The molecule has 2 aromatic carbocycles. The number of anilines is 2. The number of rotatable bonds is 7. The van der Waals surface area contributed by atoms with Gasteiger partial charge in [0.05, 0.1) is 29.8 Å². The van der Waals surface area contributed by atoms with Crippen molar-refractivity contribution in [1.29, 1.82) is 0 Å². The SMILES string of the molecule is CC(=O)Nc1ccc(N2C(=O)CC(N(Cc3ccco3)C(=O)c3ccc([N+](=O)[O-])cc3)C2=O)cc1. The fourth-order valence-electron chi connectivity index (χ4n) is 3.81. The zero-order valence-electron chi connectivity index (χ0n) is 18.5. The molecule has 3 aromatic rings. The van der Waals surface area contributed by atoms with Crippen molar-refractivity contribution in [3.8, 4) is 0 Å². The molecule has 2 heterocycles. The fraction of sp³-hybridized carbons (Fsp3) is 0.167. The first-order valence-corrected chi connectivity index (χ1v) is 10.6. The second kappa shape index (κ2) is 9.59. The minimum atomic E-state index is -1.11. The Hall–Kier alpha value is -4.80. The average Bonchev–Trinajstić information content (AvgIpc) is 3.45. The number of amides is 4. The number of nitro groups is 1. The highest BCUT2D eigenvalue weighted by Gasteiger charge is 2.44. The van der Waals surface area contributed by atoms with Crippen LogP contribution < -0.4 is 10.2 Å². The molecule has 0 saturated carbocycles. The molecule has 11 nitrogen and oxygen atoms in total. The summed E-state index contributed by atoms with van der Waals surface area (Å²) < 4.78 is 5.35. The molecule has 1 atom stereocenters. The number of carbonyl (C=O) groups excluding carboxylic acids is 4. The van der Waals surface area contributed by atoms with E-state index < -0.39 is 28.7 Å². The molecule has 1 aromatic heterocycles. The molecule has 1 N–H and O–H groups in total. The molecular weight excluding hydrogens is 456 g/mol. The van der Waals surface area contributed by atoms with Crippen LogP contribution in [0.3, 0.4) is 0 Å². The first kappa shape index (κ1) is 23.4. The van der Waals surface area contributed by atoms with Crippen molar-refractivity contribution < 1.29 is 28.5 Å². The van der Waals surface area contributed by atoms with Crippen LogP contribution in [0.15, 0.2) is 71.3 Å². The highest BCUT2D eigenvalue weighted by molar-refractivity contribution is 6.23. The van der Waals surface area contributed by atoms with Crippen LogP contribution in [0.1, 0.15) is 29.5 Å². The summed E-state index contributed by atoms with van der Waals surface area (Å²) in [4.78, 5) is 63.4. The summed E-state index contributed by atoms with van der Waals surface area (Å²) in [6.45, 7) is 1.28. The predicted molar refractivity (Wildman–Crippen MR) is 123 cm³/mol. The first-order valence-electron chi connectivity index (χ1n) is 10.6. The fourth-order valence-corrected chi connectivity index (χ4v) is 3.81. The normalized spacial score (nSPS) is 15.2. The van der Waals surface area contributed by atoms with Gasteiger partial charge in [0.25, 0.3) is 17.5 Å². The van der Waals surface area contributed by atoms with Gasteiger partial charge in [-0.2, -0.15) is 0 Å². The van der Waals surface area contributed by atoms with Crippen molar-refractivity contribution >= 4 is 40.7 Å². The van der Waals surface area contributed by atoms with E-state index >= 15 is 0 Å². The minimum absolute atomic E-state index is 0.0815. The number of hydrogen-bond acceptors (Lipinski definition) is 7. The summed E-state index contributed by atoms with van der Waals surface area (Å²) in [5.74, 6) is -1.52. The molecule has 178 valence electrons. The zero-order chi connectivity index (χ0) is 25.1. The summed E-state index contributed by atoms with van der Waals surface area (Å²) in [6, 6.07) is 13.3. The monoisotopic (exact) mass is 476 g/mol. The van der Waals surface area contributed by atoms with Gasteiger partial charge in [0.15, 0.2) is 0 Å². The van der Waals surface area contributed by atoms with Gasteiger partial charge in [0.2, 0.25) is 11.8 Å². The lowest BCUT2D eigenvalue weighted by Crippen LogP contribution is -2.45. The smallest absolute Gasteiger partial charge is 0.269 e. The van der Waals surface area contributed by atoms with Crippen molar-refractivity contribution in [2.45, 2.75) is 25.9 Å². The zero-order valence-corrected chi connectivity index (χ0v) is 18.5. The quantitative estimate of drug-likeness (QED) is 0.313. The third-order valence-electron chi connectivity index (χ3n) is 5.44. The number of non-ortho nitro benzene ring substituents is 1. The van der Waals surface area contributed by atoms with Gasteiger partial charge in [0.1, 0.15) is 11.8 Å². The molecule has 0 bridgehead atoms. The van der Waals surface area contributed by atoms with Gasteiger partial charge in [-0.05, 0) is 48.5 Å². The van der Waals surface area contributed by atoms with Crippen molar-refractivity contribution in [1.82, 2.24) is 4.90 Å². The maximum atomic E-state index is 13.4. The Bertz CT molecular complexity index is 1280. The van der Waals surface area contributed by atoms with Crippen molar-refractivity contribution in [2.24, 2.45) is 0 Å². The Balaban J connectivity index is 1.62. The van der Waals surface area contributed by atoms with Gasteiger partial charge >= 0.3 is 0 Å². The Kier molecular flexibility index (Phi) is 6.40. The maximum absolute atomic E-state index is 13.4. The molecular formula is C24H20N4O7. The molecule has 11 heteroatoms. The summed E-state index contributed by atoms with van der Waals surface area (Å²) in [6.07, 6.45) is 1.18. The number of carbonyl (C=O) groups is 4. The molecule has 1 unspecified atom stereocenters. The highest BCUT2D eigenvalue weighted by atomic mass is 16.6. The van der Waals surface area contributed by atoms with Gasteiger partial charge < -0.3 is 14.6 Å². The number of nitrogens with zero attached hydrogens (tertiary/aromatic N) is 3. The second-order valence-electron chi connectivity index (χ2n) is 7.83. The van der Waals surface area contributed by atoms with Gasteiger partial charge in [-0.25, -0.2) is 4.90 Å². The van der Waals surface area contributed by atoms with E-state index in [2.05, 4.69) is 5.32 Å². The second-order valence-corrected chi connectivity index (χ2v) is 7.83. The molecule has 0 spiro atoms. The van der Waals surface area contributed by atoms with E-state index in [4.69, 9.17) is 4.42 Å². The molecule has 1 fully saturated rings. The number of nitro benzene ring substituents is 1. The van der Waals surface area contributed by atoms with Gasteiger partial charge in [0, 0.05) is 30.3 Å². The van der Waals surface area contributed by atoms with Crippen molar-refractivity contribution in [2.75, 3.05) is 10.2 Å². The van der Waals surface area contributed by atoms with Crippen LogP contribution in [-0.4, -0.2) is 39.5 Å². The lowest BCUT2D eigenvalue weighted by atomic mass is 10.1. The maximum Gasteiger partial charge on any atom is 0.269 e. The third kappa shape index (κ3) is 4.93. The Morgan fingerprint density at radius 1 is 1.11 bits per heavy atom. The van der Waals surface area contributed by atoms with E-state index in [1.165, 1.54) is 54.5 Å². The topological polar surface area (TPSA) is 143 Å². The van der Waals surface area contributed by atoms with E-state index in [0.29, 0.717) is 17.1 Å². The summed E-state index contributed by atoms with van der Waals surface area (Å²) in [5, 5.41) is 13.6. The third-order valence-corrected chi connectivity index (χ3v) is 5.44. The molecule has 35 heavy (non-hydrogen) atoms. The average molecular weight is 476 g/mol. The number of imide groups is 1. The van der Waals surface area contributed by atoms with Gasteiger partial charge in [-0.3, -0.25) is 29.3 Å². The van der Waals surface area contributed by atoms with Crippen LogP contribution in [-0.2, 0) is 20.9 Å². The number of hydrogen-bond donors (Lipinski definition) is 1. The molecule has 0 radical (unpaired) electrons. The number of nitrogens with one attached hydrogen (secondary N) is 1. The molecule has 4 rings (SSSR count). The van der Waals surface area contributed by atoms with E-state index in [0.717, 1.165) is 4.90 Å². The molecule has 0 aliphatic carbocycles. The van der Waals surface area contributed by atoms with Crippen LogP contribution in [0, 0.1) is 10.1 Å². The van der Waals surface area contributed by atoms with Crippen LogP contribution in [0.2, 0.25) is 0 Å².